The van der Waals surface area contributed by atoms with E-state index in [-0.39, 0.29) is 56.8 Å². The molecule has 0 aromatic rings. The maximum absolute atomic E-state index is 12.1. The number of imide groups is 2. The molecule has 1 fully saturated rings. The van der Waals surface area contributed by atoms with E-state index in [1.165, 1.54) is 12.2 Å². The van der Waals surface area contributed by atoms with Crippen LogP contribution in [-0.2, 0) is 52.6 Å². The SMILES string of the molecule is O=C(CCOCCOCCOCCOCCON1C(=O)C2=C(C=C[C+]=C2)C1=O)ON1C(=O)CCC1=O. The fraction of sp³-hybridized carbons (Fsp3) is 0.522. The third-order valence-electron chi connectivity index (χ3n) is 4.91. The lowest BCUT2D eigenvalue weighted by Gasteiger charge is -2.12. The number of hydrogen-bond donors (Lipinski definition) is 0. The van der Waals surface area contributed by atoms with Gasteiger partial charge in [-0.25, -0.2) is 9.59 Å². The standard InChI is InChI=1S/C23H27N2O11/c26-19-5-6-20(27)24(19)36-21(28)7-8-31-9-10-32-11-12-33-13-14-34-15-16-35-25-22(29)17-3-1-2-4-18(17)23(25)30/h1,3-4H,5-16H2/q+1. The van der Waals surface area contributed by atoms with Gasteiger partial charge in [-0.1, -0.05) is 0 Å². The molecule has 0 aromatic carbocycles. The van der Waals surface area contributed by atoms with Crippen molar-refractivity contribution >= 4 is 29.6 Å². The van der Waals surface area contributed by atoms with Crippen molar-refractivity contribution in [3.63, 3.8) is 0 Å². The van der Waals surface area contributed by atoms with Gasteiger partial charge >= 0.3 is 17.8 Å². The topological polar surface area (TPSA) is 147 Å². The molecule has 0 unspecified atom stereocenters. The van der Waals surface area contributed by atoms with Gasteiger partial charge in [0.15, 0.2) is 11.1 Å². The maximum atomic E-state index is 12.1. The van der Waals surface area contributed by atoms with Gasteiger partial charge in [-0.3, -0.25) is 19.2 Å². The second kappa shape index (κ2) is 14.3. The third kappa shape index (κ3) is 7.85. The number of carbonyl (C=O) groups is 5. The molecule has 0 atom stereocenters. The van der Waals surface area contributed by atoms with Crippen LogP contribution in [0.25, 0.3) is 0 Å². The molecule has 3 aliphatic rings. The van der Waals surface area contributed by atoms with Gasteiger partial charge in [0.25, 0.3) is 11.8 Å². The van der Waals surface area contributed by atoms with Gasteiger partial charge in [0, 0.05) is 18.9 Å². The molecular formula is C23H27N2O11+. The molecule has 4 amide bonds. The van der Waals surface area contributed by atoms with Crippen LogP contribution < -0.4 is 0 Å². The van der Waals surface area contributed by atoms with Crippen LogP contribution >= 0.6 is 0 Å². The lowest BCUT2D eigenvalue weighted by Crippen LogP contribution is -2.33. The highest BCUT2D eigenvalue weighted by Crippen LogP contribution is 2.25. The van der Waals surface area contributed by atoms with Crippen LogP contribution in [-0.4, -0.2) is 99.2 Å². The second-order valence-electron chi connectivity index (χ2n) is 7.45. The van der Waals surface area contributed by atoms with Gasteiger partial charge in [0.05, 0.1) is 72.0 Å². The Morgan fingerprint density at radius 1 is 0.722 bits per heavy atom. The Hall–Kier alpha value is -3.32. The minimum Gasteiger partial charge on any atom is -0.378 e. The summed E-state index contributed by atoms with van der Waals surface area (Å²) in [6.45, 7) is 2.14. The molecule has 0 radical (unpaired) electrons. The quantitative estimate of drug-likeness (QED) is 0.144. The summed E-state index contributed by atoms with van der Waals surface area (Å²) >= 11 is 0. The molecule has 2 heterocycles. The zero-order valence-corrected chi connectivity index (χ0v) is 19.6. The van der Waals surface area contributed by atoms with Crippen molar-refractivity contribution in [2.75, 3.05) is 59.5 Å². The van der Waals surface area contributed by atoms with Crippen molar-refractivity contribution in [1.29, 1.82) is 0 Å². The highest BCUT2D eigenvalue weighted by atomic mass is 16.7. The van der Waals surface area contributed by atoms with Gasteiger partial charge < -0.3 is 23.8 Å². The zero-order valence-electron chi connectivity index (χ0n) is 19.6. The maximum Gasteiger partial charge on any atom is 0.343 e. The van der Waals surface area contributed by atoms with E-state index in [1.54, 1.807) is 6.08 Å². The van der Waals surface area contributed by atoms with Crippen LogP contribution in [0.2, 0.25) is 0 Å². The summed E-state index contributed by atoms with van der Waals surface area (Å²) in [7, 11) is 0. The van der Waals surface area contributed by atoms with E-state index in [4.69, 9.17) is 28.6 Å². The fourth-order valence-corrected chi connectivity index (χ4v) is 3.13. The molecule has 0 spiro atoms. The molecule has 0 aromatic heterocycles. The van der Waals surface area contributed by atoms with Crippen molar-refractivity contribution in [1.82, 2.24) is 10.1 Å². The normalized spacial score (nSPS) is 16.9. The van der Waals surface area contributed by atoms with E-state index in [0.717, 1.165) is 5.06 Å². The van der Waals surface area contributed by atoms with E-state index in [2.05, 4.69) is 6.08 Å². The van der Waals surface area contributed by atoms with Gasteiger partial charge in [-0.2, -0.15) is 0 Å². The average molecular weight is 507 g/mol. The molecule has 0 saturated carbocycles. The van der Waals surface area contributed by atoms with Crippen molar-refractivity contribution < 1.29 is 52.6 Å². The van der Waals surface area contributed by atoms with Gasteiger partial charge in [0.1, 0.15) is 12.2 Å². The Bertz CT molecular complexity index is 890. The van der Waals surface area contributed by atoms with Crippen molar-refractivity contribution in [3.05, 3.63) is 35.5 Å². The number of carbonyl (C=O) groups excluding carboxylic acids is 5. The predicted molar refractivity (Wildman–Crippen MR) is 117 cm³/mol. The first-order chi connectivity index (χ1) is 17.5. The molecule has 1 aliphatic carbocycles. The summed E-state index contributed by atoms with van der Waals surface area (Å²) in [6, 6.07) is 0. The molecule has 36 heavy (non-hydrogen) atoms. The van der Waals surface area contributed by atoms with E-state index in [0.29, 0.717) is 38.1 Å². The molecule has 2 aliphatic heterocycles. The van der Waals surface area contributed by atoms with E-state index >= 15 is 0 Å². The zero-order chi connectivity index (χ0) is 25.8. The van der Waals surface area contributed by atoms with Crippen LogP contribution in [0.3, 0.4) is 0 Å². The molecule has 194 valence electrons. The van der Waals surface area contributed by atoms with Crippen molar-refractivity contribution in [2.45, 2.75) is 19.3 Å². The summed E-state index contributed by atoms with van der Waals surface area (Å²) in [5.41, 5.74) is 0.553. The first kappa shape index (κ1) is 27.3. The number of allylic oxidation sites excluding steroid dienone is 2. The Morgan fingerprint density at radius 2 is 1.25 bits per heavy atom. The second-order valence-corrected chi connectivity index (χ2v) is 7.45. The van der Waals surface area contributed by atoms with Gasteiger partial charge in [-0.05, 0) is 0 Å². The summed E-state index contributed by atoms with van der Waals surface area (Å²) in [6.07, 6.45) is 7.29. The Balaban J connectivity index is 1.07. The van der Waals surface area contributed by atoms with Crippen LogP contribution in [0.4, 0.5) is 0 Å². The van der Waals surface area contributed by atoms with Crippen molar-refractivity contribution in [2.24, 2.45) is 0 Å². The predicted octanol–water partition coefficient (Wildman–Crippen LogP) is -0.424. The summed E-state index contributed by atoms with van der Waals surface area (Å²) in [4.78, 5) is 68.5. The molecule has 13 nitrogen and oxygen atoms in total. The highest BCUT2D eigenvalue weighted by molar-refractivity contribution is 6.21. The summed E-state index contributed by atoms with van der Waals surface area (Å²) < 4.78 is 21.3. The highest BCUT2D eigenvalue weighted by Gasteiger charge is 2.44. The lowest BCUT2D eigenvalue weighted by atomic mass is 10.1. The third-order valence-corrected chi connectivity index (χ3v) is 4.91. The molecule has 0 bridgehead atoms. The first-order valence-electron chi connectivity index (χ1n) is 11.4. The van der Waals surface area contributed by atoms with E-state index < -0.39 is 29.6 Å². The van der Waals surface area contributed by atoms with Crippen LogP contribution in [0, 0.1) is 6.08 Å². The van der Waals surface area contributed by atoms with E-state index in [1.807, 2.05) is 0 Å². The Kier molecular flexibility index (Phi) is 10.8. The number of hydrogen-bond acceptors (Lipinski definition) is 11. The fourth-order valence-electron chi connectivity index (χ4n) is 3.13. The summed E-state index contributed by atoms with van der Waals surface area (Å²) in [5, 5.41) is 1.23. The van der Waals surface area contributed by atoms with Crippen LogP contribution in [0.1, 0.15) is 19.3 Å². The van der Waals surface area contributed by atoms with Crippen LogP contribution in [0.5, 0.6) is 0 Å². The minimum atomic E-state index is -0.718. The number of hydroxylamine groups is 4. The van der Waals surface area contributed by atoms with E-state index in [9.17, 15) is 24.0 Å². The Labute approximate surface area is 207 Å². The number of ether oxygens (including phenoxy) is 4. The molecule has 13 heteroatoms. The largest absolute Gasteiger partial charge is 0.378 e. The summed E-state index contributed by atoms with van der Waals surface area (Å²) in [5.74, 6) is -2.79. The molecule has 0 N–H and O–H groups in total. The molecular weight excluding hydrogens is 480 g/mol. The smallest absolute Gasteiger partial charge is 0.343 e. The molecule has 3 rings (SSSR count). The minimum absolute atomic E-state index is 0.0323. The van der Waals surface area contributed by atoms with Crippen molar-refractivity contribution in [3.8, 4) is 0 Å². The number of amides is 4. The van der Waals surface area contributed by atoms with Gasteiger partial charge in [0.2, 0.25) is 0 Å². The Morgan fingerprint density at radius 3 is 1.83 bits per heavy atom. The first-order valence-corrected chi connectivity index (χ1v) is 11.4. The lowest BCUT2D eigenvalue weighted by molar-refractivity contribution is -0.198. The monoisotopic (exact) mass is 507 g/mol. The van der Waals surface area contributed by atoms with Crippen LogP contribution in [0.15, 0.2) is 29.4 Å². The molecule has 1 saturated heterocycles. The number of nitrogens with zero attached hydrogens (tertiary/aromatic N) is 2. The number of rotatable bonds is 17. The van der Waals surface area contributed by atoms with Gasteiger partial charge in [-0.15, -0.1) is 10.1 Å². The average Bonchev–Trinajstić information content (AvgIpc) is 3.32.